The molecule has 15 heavy (non-hydrogen) atoms. The van der Waals surface area contributed by atoms with Gasteiger partial charge in [0.2, 0.25) is 0 Å². The molecule has 1 aromatic carbocycles. The minimum Gasteiger partial charge on any atom is -0.328 e. The lowest BCUT2D eigenvalue weighted by Gasteiger charge is -2.14. The highest BCUT2D eigenvalue weighted by Crippen LogP contribution is 2.30. The molecule has 0 radical (unpaired) electrons. The molecule has 1 aromatic rings. The van der Waals surface area contributed by atoms with Crippen molar-refractivity contribution in [3.63, 3.8) is 0 Å². The van der Waals surface area contributed by atoms with Crippen molar-refractivity contribution in [3.05, 3.63) is 27.1 Å². The van der Waals surface area contributed by atoms with Crippen LogP contribution in [0.3, 0.4) is 0 Å². The van der Waals surface area contributed by atoms with Crippen LogP contribution in [0.15, 0.2) is 27.1 Å². The van der Waals surface area contributed by atoms with Crippen molar-refractivity contribution in [1.29, 1.82) is 0 Å². The highest BCUT2D eigenvalue weighted by Gasteiger charge is 2.31. The Bertz CT molecular complexity index is 432. The summed E-state index contributed by atoms with van der Waals surface area (Å²) in [5.41, 5.74) is 0.554. The highest BCUT2D eigenvalue weighted by molar-refractivity contribution is 9.11. The van der Waals surface area contributed by atoms with Crippen molar-refractivity contribution in [3.8, 4) is 0 Å². The van der Waals surface area contributed by atoms with Crippen LogP contribution in [0, 0.1) is 0 Å². The minimum atomic E-state index is -0.386. The summed E-state index contributed by atoms with van der Waals surface area (Å²) >= 11 is 6.61. The highest BCUT2D eigenvalue weighted by atomic mass is 79.9. The van der Waals surface area contributed by atoms with E-state index >= 15 is 0 Å². The number of rotatable bonds is 1. The molecule has 2 rings (SSSR count). The van der Waals surface area contributed by atoms with Crippen LogP contribution in [-0.4, -0.2) is 18.5 Å². The van der Waals surface area contributed by atoms with Crippen molar-refractivity contribution >= 4 is 49.5 Å². The maximum absolute atomic E-state index is 11.4. The fourth-order valence-electron chi connectivity index (χ4n) is 1.33. The van der Waals surface area contributed by atoms with Gasteiger partial charge >= 0.3 is 6.03 Å². The number of carbonyl (C=O) groups is 2. The van der Waals surface area contributed by atoms with E-state index in [9.17, 15) is 9.59 Å². The lowest BCUT2D eigenvalue weighted by atomic mass is 10.3. The van der Waals surface area contributed by atoms with Crippen molar-refractivity contribution in [2.24, 2.45) is 0 Å². The predicted molar refractivity (Wildman–Crippen MR) is 62.7 cm³/mol. The molecule has 1 N–H and O–H groups in total. The zero-order valence-electron chi connectivity index (χ0n) is 7.46. The first-order chi connectivity index (χ1) is 7.09. The second-order valence-electron chi connectivity index (χ2n) is 2.98. The average Bonchev–Trinajstić information content (AvgIpc) is 2.48. The Morgan fingerprint density at radius 1 is 1.27 bits per heavy atom. The first-order valence-electron chi connectivity index (χ1n) is 4.15. The fraction of sp³-hybridized carbons (Fsp3) is 0.111. The SMILES string of the molecule is O=C1CNC(=O)N1c1ccc(Br)cc1Br. The van der Waals surface area contributed by atoms with Crippen molar-refractivity contribution in [2.75, 3.05) is 11.4 Å². The number of nitrogens with one attached hydrogen (secondary N) is 1. The molecule has 1 saturated heterocycles. The fourth-order valence-corrected chi connectivity index (χ4v) is 2.55. The molecule has 0 unspecified atom stereocenters. The average molecular weight is 334 g/mol. The molecule has 6 heteroatoms. The van der Waals surface area contributed by atoms with Crippen LogP contribution in [0.5, 0.6) is 0 Å². The number of amides is 3. The second kappa shape index (κ2) is 3.94. The van der Waals surface area contributed by atoms with Gasteiger partial charge in [0.15, 0.2) is 0 Å². The number of carbonyl (C=O) groups excluding carboxylic acids is 2. The summed E-state index contributed by atoms with van der Waals surface area (Å²) in [6.07, 6.45) is 0. The molecule has 1 aliphatic rings. The molecule has 3 amide bonds. The van der Waals surface area contributed by atoms with Crippen molar-refractivity contribution < 1.29 is 9.59 Å². The largest absolute Gasteiger partial charge is 0.329 e. The van der Waals surface area contributed by atoms with Gasteiger partial charge in [0.25, 0.3) is 5.91 Å². The van der Waals surface area contributed by atoms with Gasteiger partial charge in [0.05, 0.1) is 12.2 Å². The third kappa shape index (κ3) is 1.91. The Morgan fingerprint density at radius 2 is 2.00 bits per heavy atom. The Kier molecular flexibility index (Phi) is 2.79. The Hall–Kier alpha value is -0.880. The van der Waals surface area contributed by atoms with Gasteiger partial charge in [0.1, 0.15) is 0 Å². The molecule has 1 aliphatic heterocycles. The van der Waals surface area contributed by atoms with E-state index in [0.29, 0.717) is 10.2 Å². The van der Waals surface area contributed by atoms with Gasteiger partial charge < -0.3 is 5.32 Å². The zero-order valence-corrected chi connectivity index (χ0v) is 10.6. The summed E-state index contributed by atoms with van der Waals surface area (Å²) in [5.74, 6) is -0.247. The Labute approximate surface area is 103 Å². The molecular weight excluding hydrogens is 328 g/mol. The van der Waals surface area contributed by atoms with Crippen LogP contribution in [-0.2, 0) is 4.79 Å². The number of benzene rings is 1. The lowest BCUT2D eigenvalue weighted by molar-refractivity contribution is -0.115. The van der Waals surface area contributed by atoms with E-state index in [1.54, 1.807) is 18.2 Å². The van der Waals surface area contributed by atoms with E-state index in [-0.39, 0.29) is 18.5 Å². The van der Waals surface area contributed by atoms with Crippen molar-refractivity contribution in [1.82, 2.24) is 5.32 Å². The molecule has 0 aliphatic carbocycles. The quantitative estimate of drug-likeness (QED) is 0.801. The second-order valence-corrected chi connectivity index (χ2v) is 4.75. The molecule has 1 fully saturated rings. The van der Waals surface area contributed by atoms with Crippen LogP contribution < -0.4 is 10.2 Å². The Morgan fingerprint density at radius 3 is 2.53 bits per heavy atom. The smallest absolute Gasteiger partial charge is 0.328 e. The zero-order chi connectivity index (χ0) is 11.0. The van der Waals surface area contributed by atoms with Gasteiger partial charge in [-0.3, -0.25) is 4.79 Å². The summed E-state index contributed by atoms with van der Waals surface area (Å²) < 4.78 is 1.58. The van der Waals surface area contributed by atoms with E-state index in [4.69, 9.17) is 0 Å². The van der Waals surface area contributed by atoms with E-state index < -0.39 is 0 Å². The molecule has 1 heterocycles. The molecule has 0 spiro atoms. The summed E-state index contributed by atoms with van der Waals surface area (Å²) in [7, 11) is 0. The maximum atomic E-state index is 11.4. The van der Waals surface area contributed by atoms with Gasteiger partial charge in [-0.1, -0.05) is 15.9 Å². The number of anilines is 1. The van der Waals surface area contributed by atoms with Gasteiger partial charge in [0, 0.05) is 8.95 Å². The molecule has 78 valence electrons. The predicted octanol–water partition coefficient (Wildman–Crippen LogP) is 2.27. The molecule has 0 bridgehead atoms. The van der Waals surface area contributed by atoms with E-state index in [2.05, 4.69) is 37.2 Å². The summed E-state index contributed by atoms with van der Waals surface area (Å²) in [6.45, 7) is 0.0569. The van der Waals surface area contributed by atoms with Crippen molar-refractivity contribution in [2.45, 2.75) is 0 Å². The summed E-state index contributed by atoms with van der Waals surface area (Å²) in [5, 5.41) is 2.46. The number of hydrogen-bond acceptors (Lipinski definition) is 2. The van der Waals surface area contributed by atoms with Gasteiger partial charge in [-0.25, -0.2) is 9.69 Å². The summed E-state index contributed by atoms with van der Waals surface area (Å²) in [6, 6.07) is 4.88. The molecule has 0 aromatic heterocycles. The third-order valence-electron chi connectivity index (χ3n) is 1.99. The van der Waals surface area contributed by atoms with Crippen LogP contribution >= 0.6 is 31.9 Å². The standard InChI is InChI=1S/C9H6Br2N2O2/c10-5-1-2-7(6(11)3-5)13-8(14)4-12-9(13)15/h1-3H,4H2,(H,12,15). The summed E-state index contributed by atoms with van der Waals surface area (Å²) in [4.78, 5) is 23.9. The minimum absolute atomic E-state index is 0.0569. The monoisotopic (exact) mass is 332 g/mol. The lowest BCUT2D eigenvalue weighted by Crippen LogP contribution is -2.30. The number of hydrogen-bond donors (Lipinski definition) is 1. The molecule has 0 saturated carbocycles. The first-order valence-corrected chi connectivity index (χ1v) is 5.74. The number of halogens is 2. The van der Waals surface area contributed by atoms with Gasteiger partial charge in [-0.05, 0) is 34.1 Å². The van der Waals surface area contributed by atoms with Crippen LogP contribution in [0.1, 0.15) is 0 Å². The van der Waals surface area contributed by atoms with Gasteiger partial charge in [-0.15, -0.1) is 0 Å². The van der Waals surface area contributed by atoms with Crippen LogP contribution in [0.2, 0.25) is 0 Å². The third-order valence-corrected chi connectivity index (χ3v) is 3.12. The molecule has 0 atom stereocenters. The van der Waals surface area contributed by atoms with Gasteiger partial charge in [-0.2, -0.15) is 0 Å². The van der Waals surface area contributed by atoms with E-state index in [1.165, 1.54) is 0 Å². The number of nitrogens with zero attached hydrogens (tertiary/aromatic N) is 1. The normalized spacial score (nSPS) is 15.7. The topological polar surface area (TPSA) is 49.4 Å². The van der Waals surface area contributed by atoms with Crippen LogP contribution in [0.25, 0.3) is 0 Å². The van der Waals surface area contributed by atoms with Crippen LogP contribution in [0.4, 0.5) is 10.5 Å². The maximum Gasteiger partial charge on any atom is 0.329 e. The molecular formula is C9H6Br2N2O2. The Balaban J connectivity index is 2.45. The number of imide groups is 1. The number of urea groups is 1. The first kappa shape index (κ1) is 10.6. The molecule has 4 nitrogen and oxygen atoms in total. The van der Waals surface area contributed by atoms with E-state index in [1.807, 2.05) is 0 Å². The van der Waals surface area contributed by atoms with E-state index in [0.717, 1.165) is 9.37 Å².